The molecule has 1 unspecified atom stereocenters. The van der Waals surface area contributed by atoms with Crippen molar-refractivity contribution in [2.75, 3.05) is 6.61 Å². The summed E-state index contributed by atoms with van der Waals surface area (Å²) < 4.78 is 19.7. The highest BCUT2D eigenvalue weighted by Crippen LogP contribution is 2.69. The zero-order valence-electron chi connectivity index (χ0n) is 37.5. The first kappa shape index (κ1) is 48.1. The molecule has 10 nitrogen and oxygen atoms in total. The number of benzene rings is 5. The van der Waals surface area contributed by atoms with Crippen molar-refractivity contribution in [3.8, 4) is 17.6 Å². The second-order valence-corrected chi connectivity index (χ2v) is 20.6. The summed E-state index contributed by atoms with van der Waals surface area (Å²) in [5, 5.41) is 13.5. The van der Waals surface area contributed by atoms with Crippen LogP contribution in [0.4, 0.5) is 0 Å². The van der Waals surface area contributed by atoms with E-state index in [1.54, 1.807) is 36.4 Å². The Balaban J connectivity index is 1.24. The van der Waals surface area contributed by atoms with Crippen molar-refractivity contribution in [1.82, 2.24) is 10.0 Å². The van der Waals surface area contributed by atoms with Crippen LogP contribution in [0.3, 0.4) is 0 Å². The molecule has 0 bridgehead atoms. The van der Waals surface area contributed by atoms with Gasteiger partial charge >= 0.3 is 11.9 Å². The Hall–Kier alpha value is -6.37. The summed E-state index contributed by atoms with van der Waals surface area (Å²) in [6.45, 7) is 12.5. The molecular formula is C54H47N3O7S4. The van der Waals surface area contributed by atoms with Gasteiger partial charge in [-0.25, -0.2) is 19.6 Å². The molecule has 344 valence electrons. The van der Waals surface area contributed by atoms with Gasteiger partial charge in [0, 0.05) is 0 Å². The number of carbonyl (C=O) groups excluding carboxylic acids is 4. The lowest BCUT2D eigenvalue weighted by Gasteiger charge is -2.27. The number of nitriles is 1. The third-order valence-electron chi connectivity index (χ3n) is 11.4. The number of nitrogens with zero attached hydrogens (tertiary/aromatic N) is 3. The number of amides is 2. The maximum atomic E-state index is 14.7. The monoisotopic (exact) mass is 977 g/mol. The molecule has 5 aromatic carbocycles. The van der Waals surface area contributed by atoms with Crippen molar-refractivity contribution in [2.45, 2.75) is 78.8 Å². The Kier molecular flexibility index (Phi) is 15.7. The number of thioether (sulfide) groups is 4. The van der Waals surface area contributed by atoms with Gasteiger partial charge in [0.2, 0.25) is 0 Å². The van der Waals surface area contributed by atoms with E-state index in [1.807, 2.05) is 84.9 Å². The van der Waals surface area contributed by atoms with Crippen molar-refractivity contribution >= 4 is 83.0 Å². The second kappa shape index (κ2) is 22.2. The van der Waals surface area contributed by atoms with Gasteiger partial charge in [-0.05, 0) is 52.3 Å². The maximum absolute atomic E-state index is 14.7. The van der Waals surface area contributed by atoms with Crippen molar-refractivity contribution in [3.63, 3.8) is 0 Å². The normalized spacial score (nSPS) is 15.1. The molecule has 3 aliphatic rings. The minimum absolute atomic E-state index is 0.0220. The zero-order valence-corrected chi connectivity index (χ0v) is 40.8. The number of ether oxygens (including phenoxy) is 3. The van der Waals surface area contributed by atoms with Crippen LogP contribution in [0.2, 0.25) is 0 Å². The Labute approximate surface area is 413 Å². The lowest BCUT2D eigenvalue weighted by Crippen LogP contribution is -2.39. The number of carbonyl (C=O) groups is 4. The van der Waals surface area contributed by atoms with Gasteiger partial charge in [-0.15, -0.1) is 0 Å². The molecule has 5 aromatic rings. The summed E-state index contributed by atoms with van der Waals surface area (Å²) in [6, 6.07) is 35.6. The van der Waals surface area contributed by atoms with Gasteiger partial charge in [-0.2, -0.15) is 5.26 Å². The standard InChI is InChI=1S/C54H47N3O7S4/c1-5-9-16-36(8-4)32-63-52(61)41(29-55)53-65-45-43(62-33-39-23-21-34(6-2)22-24-39)46-48(44(47(45)66-53)64-51(60)40-27-25-35(7-3)26-28-40)68-54(67-46)42-49(58)56(30-37-17-12-10-13-18-37)57(50(42)59)31-38-19-14-11-15-20-38/h6-7,10-15,17-28,36H,2-3,5,8-9,16,30-33H2,1,4H3/b53-41+. The number of fused-ring (bicyclic) bond motifs is 2. The average Bonchev–Trinajstić information content (AvgIpc) is 4.06. The molecule has 14 heteroatoms. The highest BCUT2D eigenvalue weighted by atomic mass is 32.2. The largest absolute Gasteiger partial charge is 0.486 e. The number of hydrogen-bond donors (Lipinski definition) is 0. The fraction of sp³-hybridized carbons (Fsp3) is 0.204. The van der Waals surface area contributed by atoms with Gasteiger partial charge in [0.25, 0.3) is 11.8 Å². The van der Waals surface area contributed by atoms with Crippen LogP contribution >= 0.6 is 47.0 Å². The number of hydrogen-bond acceptors (Lipinski definition) is 12. The van der Waals surface area contributed by atoms with E-state index in [0.717, 1.165) is 88.8 Å². The predicted molar refractivity (Wildman–Crippen MR) is 270 cm³/mol. The van der Waals surface area contributed by atoms with Gasteiger partial charge in [-0.3, -0.25) is 9.59 Å². The molecule has 0 aromatic heterocycles. The van der Waals surface area contributed by atoms with Gasteiger partial charge in [-0.1, -0.05) is 203 Å². The van der Waals surface area contributed by atoms with E-state index in [4.69, 9.17) is 14.2 Å². The Morgan fingerprint density at radius 1 is 0.706 bits per heavy atom. The Bertz CT molecular complexity index is 2820. The summed E-state index contributed by atoms with van der Waals surface area (Å²) in [5.74, 6) is -1.65. The van der Waals surface area contributed by atoms with Gasteiger partial charge in [0.1, 0.15) is 24.0 Å². The maximum Gasteiger partial charge on any atom is 0.350 e. The van der Waals surface area contributed by atoms with Crippen LogP contribution in [0.15, 0.2) is 162 Å². The van der Waals surface area contributed by atoms with Gasteiger partial charge in [0.15, 0.2) is 11.3 Å². The van der Waals surface area contributed by atoms with Crippen LogP contribution < -0.4 is 9.47 Å². The van der Waals surface area contributed by atoms with Crippen molar-refractivity contribution in [3.05, 3.63) is 175 Å². The highest BCUT2D eigenvalue weighted by Gasteiger charge is 2.47. The summed E-state index contributed by atoms with van der Waals surface area (Å²) in [6.07, 6.45) is 7.18. The number of rotatable bonds is 18. The van der Waals surface area contributed by atoms with Gasteiger partial charge in [0.05, 0.1) is 53.3 Å². The molecule has 3 aliphatic heterocycles. The Morgan fingerprint density at radius 3 is 1.76 bits per heavy atom. The van der Waals surface area contributed by atoms with Crippen molar-refractivity contribution < 1.29 is 33.4 Å². The number of esters is 2. The molecule has 0 spiro atoms. The summed E-state index contributed by atoms with van der Waals surface area (Å²) >= 11 is 4.60. The third kappa shape index (κ3) is 10.5. The van der Waals surface area contributed by atoms with Crippen LogP contribution in [0.25, 0.3) is 12.2 Å². The summed E-state index contributed by atoms with van der Waals surface area (Å²) in [5.41, 5.74) is 4.36. The van der Waals surface area contributed by atoms with Gasteiger partial charge < -0.3 is 14.2 Å². The van der Waals surface area contributed by atoms with Crippen LogP contribution in [0.1, 0.15) is 77.7 Å². The zero-order chi connectivity index (χ0) is 47.7. The highest BCUT2D eigenvalue weighted by molar-refractivity contribution is 8.26. The first-order valence-electron chi connectivity index (χ1n) is 22.2. The first-order valence-corrected chi connectivity index (χ1v) is 25.4. The summed E-state index contributed by atoms with van der Waals surface area (Å²) in [7, 11) is 0. The predicted octanol–water partition coefficient (Wildman–Crippen LogP) is 12.9. The van der Waals surface area contributed by atoms with Crippen LogP contribution in [-0.4, -0.2) is 40.4 Å². The smallest absolute Gasteiger partial charge is 0.350 e. The van der Waals surface area contributed by atoms with E-state index < -0.39 is 23.8 Å². The molecule has 2 amide bonds. The van der Waals surface area contributed by atoms with E-state index in [2.05, 4.69) is 33.1 Å². The van der Waals surface area contributed by atoms with E-state index in [0.29, 0.717) is 33.8 Å². The molecule has 3 heterocycles. The fourth-order valence-electron chi connectivity index (χ4n) is 7.55. The topological polar surface area (TPSA) is 126 Å². The molecule has 68 heavy (non-hydrogen) atoms. The SMILES string of the molecule is C=Cc1ccc(COc2c3c(c(OC(=O)c4ccc(C=C)cc4)c4c2S/C(=C(/C#N)C(=O)OCC(CC)CCCC)S4)SC(=C2C(=O)N(Cc4ccccc4)N(Cc4ccccc4)C2=O)S3)cc1. The van der Waals surface area contributed by atoms with Crippen molar-refractivity contribution in [2.24, 2.45) is 5.92 Å². The molecular weight excluding hydrogens is 931 g/mol. The number of unbranched alkanes of at least 4 members (excludes halogenated alkanes) is 1. The molecule has 1 fully saturated rings. The quantitative estimate of drug-likeness (QED) is 0.0273. The van der Waals surface area contributed by atoms with Crippen LogP contribution in [-0.2, 0) is 38.8 Å². The second-order valence-electron chi connectivity index (χ2n) is 16.0. The average molecular weight is 978 g/mol. The number of hydrazine groups is 1. The fourth-order valence-corrected chi connectivity index (χ4v) is 13.0. The van der Waals surface area contributed by atoms with Crippen LogP contribution in [0, 0.1) is 17.2 Å². The molecule has 0 radical (unpaired) electrons. The van der Waals surface area contributed by atoms with E-state index >= 15 is 0 Å². The molecule has 0 aliphatic carbocycles. The summed E-state index contributed by atoms with van der Waals surface area (Å²) in [4.78, 5) is 59.3. The van der Waals surface area contributed by atoms with Crippen LogP contribution in [0.5, 0.6) is 11.5 Å². The molecule has 8 rings (SSSR count). The third-order valence-corrected chi connectivity index (χ3v) is 16.6. The molecule has 1 saturated heterocycles. The lowest BCUT2D eigenvalue weighted by atomic mass is 10.0. The van der Waals surface area contributed by atoms with E-state index in [1.165, 1.54) is 21.8 Å². The van der Waals surface area contributed by atoms with E-state index in [-0.39, 0.29) is 54.7 Å². The molecule has 0 saturated carbocycles. The molecule has 1 atom stereocenters. The minimum Gasteiger partial charge on any atom is -0.486 e. The molecule has 0 N–H and O–H groups in total. The minimum atomic E-state index is -0.738. The van der Waals surface area contributed by atoms with E-state index in [9.17, 15) is 24.4 Å². The lowest BCUT2D eigenvalue weighted by molar-refractivity contribution is -0.149. The first-order chi connectivity index (χ1) is 33.1. The Morgan fingerprint density at radius 2 is 1.24 bits per heavy atom. The van der Waals surface area contributed by atoms with Crippen molar-refractivity contribution in [1.29, 1.82) is 5.26 Å².